The lowest BCUT2D eigenvalue weighted by Gasteiger charge is -2.16. The minimum atomic E-state index is 0.260. The molecule has 1 nitrogen and oxygen atoms in total. The maximum absolute atomic E-state index is 5.84. The van der Waals surface area contributed by atoms with E-state index < -0.39 is 0 Å². The van der Waals surface area contributed by atoms with Crippen LogP contribution >= 0.6 is 0 Å². The lowest BCUT2D eigenvalue weighted by molar-refractivity contribution is 0.663. The highest BCUT2D eigenvalue weighted by Gasteiger charge is 2.18. The van der Waals surface area contributed by atoms with Crippen molar-refractivity contribution in [3.63, 3.8) is 0 Å². The third kappa shape index (κ3) is 0.816. The van der Waals surface area contributed by atoms with Crippen molar-refractivity contribution in [1.29, 1.82) is 0 Å². The first kappa shape index (κ1) is 6.17. The van der Waals surface area contributed by atoms with Crippen molar-refractivity contribution in [1.82, 2.24) is 0 Å². The van der Waals surface area contributed by atoms with Crippen LogP contribution in [-0.2, 0) is 0 Å². The van der Waals surface area contributed by atoms with E-state index in [1.54, 1.807) is 0 Å². The zero-order chi connectivity index (χ0) is 6.97. The molecule has 0 fully saturated rings. The molecular weight excluding hydrogens is 122 g/mol. The predicted octanol–water partition coefficient (Wildman–Crippen LogP) is 1.75. The Morgan fingerprint density at radius 3 is 2.90 bits per heavy atom. The van der Waals surface area contributed by atoms with Gasteiger partial charge in [0.15, 0.2) is 0 Å². The fourth-order valence-corrected chi connectivity index (χ4v) is 1.86. The standard InChI is InChI=1S/C9H13N/c10-9-6-5-7-3-1-2-4-8(7)9/h5-6,9H,1-4,10H2. The van der Waals surface area contributed by atoms with Gasteiger partial charge in [0.05, 0.1) is 0 Å². The highest BCUT2D eigenvalue weighted by molar-refractivity contribution is 5.40. The molecule has 2 aliphatic rings. The molecule has 0 amide bonds. The van der Waals surface area contributed by atoms with Crippen molar-refractivity contribution in [3.05, 3.63) is 23.3 Å². The SMILES string of the molecule is NC1C=CC2=C1CCCC2. The molecule has 1 unspecified atom stereocenters. The summed E-state index contributed by atoms with van der Waals surface area (Å²) in [5, 5.41) is 0. The van der Waals surface area contributed by atoms with Gasteiger partial charge in [0.2, 0.25) is 0 Å². The van der Waals surface area contributed by atoms with E-state index in [0.717, 1.165) is 0 Å². The zero-order valence-corrected chi connectivity index (χ0v) is 6.14. The first-order valence-electron chi connectivity index (χ1n) is 4.03. The zero-order valence-electron chi connectivity index (χ0n) is 6.14. The van der Waals surface area contributed by atoms with Crippen LogP contribution in [-0.4, -0.2) is 6.04 Å². The summed E-state index contributed by atoms with van der Waals surface area (Å²) in [6, 6.07) is 0.260. The van der Waals surface area contributed by atoms with Crippen molar-refractivity contribution in [2.24, 2.45) is 5.73 Å². The smallest absolute Gasteiger partial charge is 0.0449 e. The van der Waals surface area contributed by atoms with Crippen LogP contribution in [0.5, 0.6) is 0 Å². The van der Waals surface area contributed by atoms with Crippen molar-refractivity contribution in [3.8, 4) is 0 Å². The van der Waals surface area contributed by atoms with E-state index in [2.05, 4.69) is 12.2 Å². The highest BCUT2D eigenvalue weighted by atomic mass is 14.6. The van der Waals surface area contributed by atoms with Crippen LogP contribution in [0.2, 0.25) is 0 Å². The van der Waals surface area contributed by atoms with Gasteiger partial charge in [0.1, 0.15) is 0 Å². The van der Waals surface area contributed by atoms with E-state index in [9.17, 15) is 0 Å². The van der Waals surface area contributed by atoms with Gasteiger partial charge in [-0.1, -0.05) is 12.2 Å². The normalized spacial score (nSPS) is 31.1. The van der Waals surface area contributed by atoms with Crippen LogP contribution in [0.1, 0.15) is 25.7 Å². The molecule has 0 saturated heterocycles. The third-order valence-electron chi connectivity index (χ3n) is 2.46. The fraction of sp³-hybridized carbons (Fsp3) is 0.556. The molecule has 2 rings (SSSR count). The lowest BCUT2D eigenvalue weighted by Crippen LogP contribution is -2.18. The predicted molar refractivity (Wildman–Crippen MR) is 42.6 cm³/mol. The number of allylic oxidation sites excluding steroid dienone is 2. The number of rotatable bonds is 0. The Bertz CT molecular complexity index is 201. The second-order valence-corrected chi connectivity index (χ2v) is 3.14. The molecule has 0 aromatic rings. The average Bonchev–Trinajstić information content (AvgIpc) is 2.34. The molecule has 0 heterocycles. The molecule has 0 bridgehead atoms. The maximum Gasteiger partial charge on any atom is 0.0449 e. The van der Waals surface area contributed by atoms with Gasteiger partial charge < -0.3 is 5.73 Å². The molecule has 1 atom stereocenters. The first-order chi connectivity index (χ1) is 4.88. The number of nitrogens with two attached hydrogens (primary N) is 1. The molecule has 2 aliphatic carbocycles. The maximum atomic E-state index is 5.84. The summed E-state index contributed by atoms with van der Waals surface area (Å²) in [6.45, 7) is 0. The second kappa shape index (κ2) is 2.24. The van der Waals surface area contributed by atoms with Crippen LogP contribution in [0.25, 0.3) is 0 Å². The third-order valence-corrected chi connectivity index (χ3v) is 2.46. The summed E-state index contributed by atoms with van der Waals surface area (Å²) < 4.78 is 0. The van der Waals surface area contributed by atoms with Crippen molar-refractivity contribution in [2.45, 2.75) is 31.7 Å². The van der Waals surface area contributed by atoms with Crippen molar-refractivity contribution < 1.29 is 0 Å². The van der Waals surface area contributed by atoms with Crippen LogP contribution in [0.15, 0.2) is 23.3 Å². The Hall–Kier alpha value is -0.560. The van der Waals surface area contributed by atoms with Crippen LogP contribution < -0.4 is 5.73 Å². The molecule has 0 radical (unpaired) electrons. The van der Waals surface area contributed by atoms with E-state index >= 15 is 0 Å². The average molecular weight is 135 g/mol. The van der Waals surface area contributed by atoms with Gasteiger partial charge in [-0.25, -0.2) is 0 Å². The summed E-state index contributed by atoms with van der Waals surface area (Å²) >= 11 is 0. The molecular formula is C9H13N. The van der Waals surface area contributed by atoms with Gasteiger partial charge in [0, 0.05) is 6.04 Å². The van der Waals surface area contributed by atoms with E-state index in [1.807, 2.05) is 0 Å². The summed E-state index contributed by atoms with van der Waals surface area (Å²) in [6.07, 6.45) is 9.53. The van der Waals surface area contributed by atoms with E-state index in [4.69, 9.17) is 5.73 Å². The van der Waals surface area contributed by atoms with Gasteiger partial charge in [-0.2, -0.15) is 0 Å². The molecule has 0 aromatic heterocycles. The van der Waals surface area contributed by atoms with E-state index in [-0.39, 0.29) is 6.04 Å². The van der Waals surface area contributed by atoms with Crippen molar-refractivity contribution >= 4 is 0 Å². The van der Waals surface area contributed by atoms with E-state index in [1.165, 1.54) is 36.8 Å². The minimum absolute atomic E-state index is 0.260. The molecule has 0 spiro atoms. The van der Waals surface area contributed by atoms with Gasteiger partial charge in [0.25, 0.3) is 0 Å². The van der Waals surface area contributed by atoms with Crippen LogP contribution in [0, 0.1) is 0 Å². The number of hydrogen-bond donors (Lipinski definition) is 1. The summed E-state index contributed by atoms with van der Waals surface area (Å²) in [4.78, 5) is 0. The molecule has 0 aliphatic heterocycles. The largest absolute Gasteiger partial charge is 0.321 e. The molecule has 10 heavy (non-hydrogen) atoms. The number of hydrogen-bond acceptors (Lipinski definition) is 1. The highest BCUT2D eigenvalue weighted by Crippen LogP contribution is 2.31. The molecule has 0 saturated carbocycles. The minimum Gasteiger partial charge on any atom is -0.321 e. The summed E-state index contributed by atoms with van der Waals surface area (Å²) in [5.74, 6) is 0. The summed E-state index contributed by atoms with van der Waals surface area (Å²) in [7, 11) is 0. The van der Waals surface area contributed by atoms with E-state index in [0.29, 0.717) is 0 Å². The Morgan fingerprint density at radius 2 is 2.10 bits per heavy atom. The topological polar surface area (TPSA) is 26.0 Å². The van der Waals surface area contributed by atoms with Gasteiger partial charge in [-0.05, 0) is 36.8 Å². The van der Waals surface area contributed by atoms with Gasteiger partial charge >= 0.3 is 0 Å². The molecule has 2 N–H and O–H groups in total. The second-order valence-electron chi connectivity index (χ2n) is 3.14. The quantitative estimate of drug-likeness (QED) is 0.538. The monoisotopic (exact) mass is 135 g/mol. The Kier molecular flexibility index (Phi) is 1.38. The van der Waals surface area contributed by atoms with Crippen LogP contribution in [0.3, 0.4) is 0 Å². The van der Waals surface area contributed by atoms with Crippen LogP contribution in [0.4, 0.5) is 0 Å². The van der Waals surface area contributed by atoms with Gasteiger partial charge in [-0.15, -0.1) is 0 Å². The Morgan fingerprint density at radius 1 is 1.30 bits per heavy atom. The Balaban J connectivity index is 2.27. The fourth-order valence-electron chi connectivity index (χ4n) is 1.86. The molecule has 54 valence electrons. The molecule has 1 heteroatoms. The molecule has 0 aromatic carbocycles. The van der Waals surface area contributed by atoms with Crippen molar-refractivity contribution in [2.75, 3.05) is 0 Å². The lowest BCUT2D eigenvalue weighted by atomic mass is 9.92. The first-order valence-corrected chi connectivity index (χ1v) is 4.03. The summed E-state index contributed by atoms with van der Waals surface area (Å²) in [5.41, 5.74) is 8.88. The Labute approximate surface area is 61.6 Å². The van der Waals surface area contributed by atoms with Gasteiger partial charge in [-0.3, -0.25) is 0 Å².